The first kappa shape index (κ1) is 18.5. The highest BCUT2D eigenvalue weighted by atomic mass is 32.2. The van der Waals surface area contributed by atoms with Crippen LogP contribution in [0.4, 0.5) is 0 Å². The molecule has 0 aliphatic carbocycles. The molecule has 0 saturated carbocycles. The molecule has 0 unspecified atom stereocenters. The van der Waals surface area contributed by atoms with E-state index in [4.69, 9.17) is 0 Å². The Bertz CT molecular complexity index is 1170. The molecule has 1 amide bonds. The number of benzene rings is 1. The molecule has 7 heteroatoms. The second-order valence-electron chi connectivity index (χ2n) is 7.13. The van der Waals surface area contributed by atoms with Gasteiger partial charge in [0.1, 0.15) is 10.8 Å². The van der Waals surface area contributed by atoms with Crippen LogP contribution in [0.1, 0.15) is 26.6 Å². The Kier molecular flexibility index (Phi) is 4.93. The van der Waals surface area contributed by atoms with Crippen LogP contribution in [0.5, 0.6) is 0 Å². The van der Waals surface area contributed by atoms with E-state index in [1.54, 1.807) is 11.3 Å². The highest BCUT2D eigenvalue weighted by Gasteiger charge is 2.26. The lowest BCUT2D eigenvalue weighted by Crippen LogP contribution is -2.29. The summed E-state index contributed by atoms with van der Waals surface area (Å²) in [5, 5.41) is 4.20. The molecule has 1 aromatic carbocycles. The summed E-state index contributed by atoms with van der Waals surface area (Å²) in [4.78, 5) is 19.2. The van der Waals surface area contributed by atoms with Crippen LogP contribution in [0, 0.1) is 6.92 Å². The number of aryl methyl sites for hydroxylation is 1. The van der Waals surface area contributed by atoms with Gasteiger partial charge in [0, 0.05) is 36.1 Å². The van der Waals surface area contributed by atoms with Gasteiger partial charge in [-0.3, -0.25) is 4.79 Å². The van der Waals surface area contributed by atoms with Crippen molar-refractivity contribution in [1.82, 2.24) is 19.4 Å². The number of fused-ring (bicyclic) bond motifs is 2. The number of rotatable bonds is 5. The van der Waals surface area contributed by atoms with Gasteiger partial charge in [-0.1, -0.05) is 12.1 Å². The van der Waals surface area contributed by atoms with E-state index >= 15 is 0 Å². The van der Waals surface area contributed by atoms with E-state index in [0.29, 0.717) is 13.1 Å². The Labute approximate surface area is 177 Å². The fourth-order valence-electron chi connectivity index (χ4n) is 3.95. The van der Waals surface area contributed by atoms with Gasteiger partial charge in [-0.05, 0) is 48.9 Å². The zero-order valence-electron chi connectivity index (χ0n) is 16.2. The lowest BCUT2D eigenvalue weighted by molar-refractivity contribution is 0.0952. The molecule has 0 atom stereocenters. The summed E-state index contributed by atoms with van der Waals surface area (Å²) < 4.78 is 4.23. The highest BCUT2D eigenvalue weighted by molar-refractivity contribution is 7.98. The maximum atomic E-state index is 13.2. The lowest BCUT2D eigenvalue weighted by Gasteiger charge is -2.14. The molecule has 1 aliphatic heterocycles. The number of carbonyl (C=O) groups excluding carboxylic acids is 1. The van der Waals surface area contributed by atoms with Gasteiger partial charge in [0.15, 0.2) is 0 Å². The number of hydrogen-bond acceptors (Lipinski definition) is 4. The monoisotopic (exact) mass is 422 g/mol. The Morgan fingerprint density at radius 3 is 2.90 bits per heavy atom. The number of hydrogen-bond donors (Lipinski definition) is 1. The van der Waals surface area contributed by atoms with Crippen molar-refractivity contribution in [3.63, 3.8) is 0 Å². The molecule has 0 saturated heterocycles. The van der Waals surface area contributed by atoms with Crippen molar-refractivity contribution in [3.8, 4) is 5.00 Å². The summed E-state index contributed by atoms with van der Waals surface area (Å²) >= 11 is 3.70. The fraction of sp³-hybridized carbons (Fsp3) is 0.273. The predicted molar refractivity (Wildman–Crippen MR) is 120 cm³/mol. The van der Waals surface area contributed by atoms with E-state index in [1.165, 1.54) is 10.4 Å². The SMILES string of the molecule is Cc1nc2ccccc2n1CCNC(=O)c1c(-n2cccc2)sc2c1CCSC2. The Balaban J connectivity index is 1.38. The largest absolute Gasteiger partial charge is 0.350 e. The number of nitrogens with zero attached hydrogens (tertiary/aromatic N) is 3. The van der Waals surface area contributed by atoms with Gasteiger partial charge >= 0.3 is 0 Å². The van der Waals surface area contributed by atoms with Crippen molar-refractivity contribution in [2.24, 2.45) is 0 Å². The van der Waals surface area contributed by atoms with Crippen LogP contribution < -0.4 is 5.32 Å². The van der Waals surface area contributed by atoms with E-state index in [-0.39, 0.29) is 5.91 Å². The molecule has 4 aromatic rings. The van der Waals surface area contributed by atoms with Crippen LogP contribution in [0.3, 0.4) is 0 Å². The molecule has 0 fully saturated rings. The van der Waals surface area contributed by atoms with Crippen molar-refractivity contribution in [3.05, 3.63) is 70.6 Å². The van der Waals surface area contributed by atoms with Crippen LogP contribution in [0.2, 0.25) is 0 Å². The number of carbonyl (C=O) groups is 1. The molecular formula is C22H22N4OS2. The third kappa shape index (κ3) is 3.38. The average molecular weight is 423 g/mol. The average Bonchev–Trinajstić information content (AvgIpc) is 3.45. The lowest BCUT2D eigenvalue weighted by atomic mass is 10.1. The van der Waals surface area contributed by atoms with Gasteiger partial charge in [0.05, 0.1) is 16.6 Å². The molecule has 0 radical (unpaired) electrons. The second-order valence-corrected chi connectivity index (χ2v) is 9.32. The molecule has 3 aromatic heterocycles. The van der Waals surface area contributed by atoms with Gasteiger partial charge < -0.3 is 14.5 Å². The Morgan fingerprint density at radius 2 is 2.03 bits per heavy atom. The van der Waals surface area contributed by atoms with Gasteiger partial charge in [0.25, 0.3) is 5.91 Å². The topological polar surface area (TPSA) is 51.9 Å². The van der Waals surface area contributed by atoms with Crippen LogP contribution in [-0.2, 0) is 18.7 Å². The summed E-state index contributed by atoms with van der Waals surface area (Å²) in [5.41, 5.74) is 4.20. The predicted octanol–water partition coefficient (Wildman–Crippen LogP) is 4.42. The van der Waals surface area contributed by atoms with E-state index in [9.17, 15) is 4.79 Å². The molecule has 5 nitrogen and oxygen atoms in total. The van der Waals surface area contributed by atoms with Crippen molar-refractivity contribution in [2.75, 3.05) is 12.3 Å². The zero-order chi connectivity index (χ0) is 19.8. The molecular weight excluding hydrogens is 400 g/mol. The van der Waals surface area contributed by atoms with Crippen LogP contribution >= 0.6 is 23.1 Å². The van der Waals surface area contributed by atoms with E-state index in [2.05, 4.69) is 25.5 Å². The van der Waals surface area contributed by atoms with E-state index in [0.717, 1.165) is 45.3 Å². The van der Waals surface area contributed by atoms with Crippen molar-refractivity contribution >= 4 is 40.0 Å². The van der Waals surface area contributed by atoms with Crippen LogP contribution in [-0.4, -0.2) is 32.3 Å². The van der Waals surface area contributed by atoms with Crippen LogP contribution in [0.25, 0.3) is 16.0 Å². The second kappa shape index (κ2) is 7.72. The number of thiophene rings is 1. The van der Waals surface area contributed by atoms with Gasteiger partial charge in [-0.25, -0.2) is 4.98 Å². The first-order valence-electron chi connectivity index (χ1n) is 9.78. The minimum absolute atomic E-state index is 0.0279. The maximum absolute atomic E-state index is 13.2. The Hall–Kier alpha value is -2.51. The zero-order valence-corrected chi connectivity index (χ0v) is 17.9. The number of imidazole rings is 1. The normalized spacial score (nSPS) is 13.6. The smallest absolute Gasteiger partial charge is 0.254 e. The molecule has 29 heavy (non-hydrogen) atoms. The first-order valence-corrected chi connectivity index (χ1v) is 11.7. The maximum Gasteiger partial charge on any atom is 0.254 e. The van der Waals surface area contributed by atoms with E-state index < -0.39 is 0 Å². The number of nitrogens with one attached hydrogen (secondary N) is 1. The molecule has 0 bridgehead atoms. The van der Waals surface area contributed by atoms with Gasteiger partial charge in [-0.2, -0.15) is 11.8 Å². The minimum atomic E-state index is 0.0279. The number of para-hydroxylation sites is 2. The summed E-state index contributed by atoms with van der Waals surface area (Å²) in [6, 6.07) is 12.1. The van der Waals surface area contributed by atoms with Crippen molar-refractivity contribution in [2.45, 2.75) is 25.6 Å². The standard InChI is InChI=1S/C22H22N4OS2/c1-15-24-17-6-2-3-7-18(17)26(15)12-9-23-21(27)20-16-8-13-28-14-19(16)29-22(20)25-10-4-5-11-25/h2-7,10-11H,8-9,12-14H2,1H3,(H,23,27). The molecule has 1 N–H and O–H groups in total. The Morgan fingerprint density at radius 1 is 1.21 bits per heavy atom. The summed E-state index contributed by atoms with van der Waals surface area (Å²) in [5.74, 6) is 3.08. The van der Waals surface area contributed by atoms with E-state index in [1.807, 2.05) is 61.4 Å². The first-order chi connectivity index (χ1) is 14.2. The summed E-state index contributed by atoms with van der Waals surface area (Å²) in [6.45, 7) is 3.29. The minimum Gasteiger partial charge on any atom is -0.350 e. The van der Waals surface area contributed by atoms with Crippen molar-refractivity contribution < 1.29 is 4.79 Å². The summed E-state index contributed by atoms with van der Waals surface area (Å²) in [6.07, 6.45) is 5.00. The molecule has 1 aliphatic rings. The molecule has 4 heterocycles. The van der Waals surface area contributed by atoms with Crippen molar-refractivity contribution in [1.29, 1.82) is 0 Å². The number of aromatic nitrogens is 3. The molecule has 0 spiro atoms. The highest BCUT2D eigenvalue weighted by Crippen LogP contribution is 2.38. The van der Waals surface area contributed by atoms with Gasteiger partial charge in [-0.15, -0.1) is 11.3 Å². The summed E-state index contributed by atoms with van der Waals surface area (Å²) in [7, 11) is 0. The fourth-order valence-corrected chi connectivity index (χ4v) is 6.40. The van der Waals surface area contributed by atoms with Crippen LogP contribution in [0.15, 0.2) is 48.8 Å². The number of amides is 1. The van der Waals surface area contributed by atoms with Gasteiger partial charge in [0.2, 0.25) is 0 Å². The third-order valence-corrected chi connectivity index (χ3v) is 7.75. The molecule has 5 rings (SSSR count). The number of thioether (sulfide) groups is 1. The molecule has 148 valence electrons. The quantitative estimate of drug-likeness (QED) is 0.518. The third-order valence-electron chi connectivity index (χ3n) is 5.33.